The molecule has 1 aromatic heterocycles. The standard InChI is InChI=1S/C15H14F3N3O3/c1-7-10(14(24)20-8(2)19-7)6-13(23)21-11-5-9(15(16,17)18)3-4-12(11)22/h3-5,22H,6H2,1-2H3,(H,21,23)(H,19,20,24). The van der Waals surface area contributed by atoms with Gasteiger partial charge in [0, 0.05) is 11.3 Å². The summed E-state index contributed by atoms with van der Waals surface area (Å²) in [4.78, 5) is 30.3. The number of carbonyl (C=O) groups excluding carboxylic acids is 1. The first-order valence-corrected chi connectivity index (χ1v) is 6.84. The van der Waals surface area contributed by atoms with Crippen LogP contribution in [0.3, 0.4) is 0 Å². The number of hydrogen-bond acceptors (Lipinski definition) is 4. The minimum absolute atomic E-state index is 0.101. The SMILES string of the molecule is Cc1nc(C)c(CC(=O)Nc2cc(C(F)(F)F)ccc2O)c(=O)[nH]1. The molecule has 0 radical (unpaired) electrons. The lowest BCUT2D eigenvalue weighted by molar-refractivity contribution is -0.137. The minimum atomic E-state index is -4.61. The van der Waals surface area contributed by atoms with Crippen molar-refractivity contribution in [2.75, 3.05) is 5.32 Å². The number of anilines is 1. The van der Waals surface area contributed by atoms with E-state index in [1.54, 1.807) is 13.8 Å². The van der Waals surface area contributed by atoms with Gasteiger partial charge in [0.15, 0.2) is 0 Å². The second-order valence-electron chi connectivity index (χ2n) is 5.17. The van der Waals surface area contributed by atoms with E-state index < -0.39 is 29.0 Å². The van der Waals surface area contributed by atoms with Gasteiger partial charge >= 0.3 is 6.18 Å². The predicted molar refractivity (Wildman–Crippen MR) is 79.8 cm³/mol. The van der Waals surface area contributed by atoms with E-state index in [2.05, 4.69) is 15.3 Å². The van der Waals surface area contributed by atoms with Crippen molar-refractivity contribution in [3.8, 4) is 5.75 Å². The fourth-order valence-electron chi connectivity index (χ4n) is 2.13. The first-order valence-electron chi connectivity index (χ1n) is 6.84. The van der Waals surface area contributed by atoms with Crippen molar-refractivity contribution >= 4 is 11.6 Å². The summed E-state index contributed by atoms with van der Waals surface area (Å²) in [5, 5.41) is 11.8. The number of H-pyrrole nitrogens is 1. The Kier molecular flexibility index (Phi) is 4.63. The lowest BCUT2D eigenvalue weighted by Gasteiger charge is -2.12. The molecule has 0 aliphatic carbocycles. The molecule has 0 aliphatic rings. The first-order chi connectivity index (χ1) is 11.1. The van der Waals surface area contributed by atoms with Crippen molar-refractivity contribution in [1.82, 2.24) is 9.97 Å². The third kappa shape index (κ3) is 3.92. The van der Waals surface area contributed by atoms with Crippen molar-refractivity contribution in [3.63, 3.8) is 0 Å². The van der Waals surface area contributed by atoms with Crippen molar-refractivity contribution in [2.45, 2.75) is 26.4 Å². The Labute approximate surface area is 134 Å². The molecule has 6 nitrogen and oxygen atoms in total. The normalized spacial score (nSPS) is 11.4. The number of aryl methyl sites for hydroxylation is 2. The Morgan fingerprint density at radius 1 is 1.33 bits per heavy atom. The topological polar surface area (TPSA) is 95.1 Å². The number of halogens is 3. The van der Waals surface area contributed by atoms with E-state index in [0.29, 0.717) is 23.7 Å². The van der Waals surface area contributed by atoms with Gasteiger partial charge in [0.05, 0.1) is 17.7 Å². The summed E-state index contributed by atoms with van der Waals surface area (Å²) >= 11 is 0. The molecule has 1 aromatic carbocycles. The van der Waals surface area contributed by atoms with Crippen LogP contribution in [0, 0.1) is 13.8 Å². The van der Waals surface area contributed by atoms with E-state index >= 15 is 0 Å². The number of phenols is 1. The number of amides is 1. The smallest absolute Gasteiger partial charge is 0.416 e. The molecule has 3 N–H and O–H groups in total. The van der Waals surface area contributed by atoms with Crippen LogP contribution in [0.2, 0.25) is 0 Å². The molecule has 0 bridgehead atoms. The molecule has 1 heterocycles. The fraction of sp³-hybridized carbons (Fsp3) is 0.267. The molecule has 9 heteroatoms. The number of nitrogens with zero attached hydrogens (tertiary/aromatic N) is 1. The van der Waals surface area contributed by atoms with Gasteiger partial charge < -0.3 is 15.4 Å². The van der Waals surface area contributed by atoms with Gasteiger partial charge in [0.1, 0.15) is 11.6 Å². The Hall–Kier alpha value is -2.84. The van der Waals surface area contributed by atoms with E-state index in [9.17, 15) is 27.9 Å². The number of phenolic OH excluding ortho intramolecular Hbond substituents is 1. The quantitative estimate of drug-likeness (QED) is 0.747. The highest BCUT2D eigenvalue weighted by molar-refractivity contribution is 5.93. The summed E-state index contributed by atoms with van der Waals surface area (Å²) < 4.78 is 38.0. The van der Waals surface area contributed by atoms with Crippen LogP contribution in [0.1, 0.15) is 22.6 Å². The molecule has 0 atom stereocenters. The average Bonchev–Trinajstić information content (AvgIpc) is 2.44. The summed E-state index contributed by atoms with van der Waals surface area (Å²) in [5.74, 6) is -0.870. The maximum Gasteiger partial charge on any atom is 0.416 e. The van der Waals surface area contributed by atoms with Gasteiger partial charge in [-0.25, -0.2) is 4.98 Å². The molecule has 0 aliphatic heterocycles. The number of aromatic nitrogens is 2. The second-order valence-corrected chi connectivity index (χ2v) is 5.17. The number of rotatable bonds is 3. The van der Waals surface area contributed by atoms with Crippen LogP contribution in [-0.4, -0.2) is 21.0 Å². The van der Waals surface area contributed by atoms with Gasteiger partial charge in [0.25, 0.3) is 5.56 Å². The number of hydrogen-bond donors (Lipinski definition) is 3. The molecule has 2 aromatic rings. The highest BCUT2D eigenvalue weighted by Gasteiger charge is 2.31. The summed E-state index contributed by atoms with van der Waals surface area (Å²) in [7, 11) is 0. The zero-order valence-corrected chi connectivity index (χ0v) is 12.8. The number of aromatic amines is 1. The molecule has 128 valence electrons. The average molecular weight is 341 g/mol. The zero-order chi connectivity index (χ0) is 18.1. The third-order valence-electron chi connectivity index (χ3n) is 3.28. The van der Waals surface area contributed by atoms with E-state index in [1.807, 2.05) is 0 Å². The summed E-state index contributed by atoms with van der Waals surface area (Å²) in [6, 6.07) is 2.16. The molecule has 0 fully saturated rings. The summed E-state index contributed by atoms with van der Waals surface area (Å²) in [6.45, 7) is 3.13. The Morgan fingerprint density at radius 3 is 2.58 bits per heavy atom. The Bertz CT molecular complexity index is 844. The lowest BCUT2D eigenvalue weighted by Crippen LogP contribution is -2.24. The van der Waals surface area contributed by atoms with Crippen molar-refractivity contribution in [3.05, 3.63) is 51.2 Å². The van der Waals surface area contributed by atoms with Crippen molar-refractivity contribution in [2.24, 2.45) is 0 Å². The van der Waals surface area contributed by atoms with Crippen LogP contribution in [0.15, 0.2) is 23.0 Å². The number of carbonyl (C=O) groups is 1. The molecule has 0 saturated heterocycles. The van der Waals surface area contributed by atoms with Gasteiger partial charge in [-0.1, -0.05) is 0 Å². The van der Waals surface area contributed by atoms with Gasteiger partial charge in [-0.2, -0.15) is 13.2 Å². The highest BCUT2D eigenvalue weighted by atomic mass is 19.4. The number of benzene rings is 1. The van der Waals surface area contributed by atoms with Gasteiger partial charge in [-0.3, -0.25) is 9.59 Å². The molecule has 2 rings (SSSR count). The van der Waals surface area contributed by atoms with E-state index in [0.717, 1.165) is 6.07 Å². The first kappa shape index (κ1) is 17.5. The zero-order valence-electron chi connectivity index (χ0n) is 12.8. The second kappa shape index (κ2) is 6.34. The van der Waals surface area contributed by atoms with Gasteiger partial charge in [-0.15, -0.1) is 0 Å². The van der Waals surface area contributed by atoms with E-state index in [1.165, 1.54) is 0 Å². The van der Waals surface area contributed by atoms with Gasteiger partial charge in [-0.05, 0) is 32.0 Å². The molecular formula is C15H14F3N3O3. The fourth-order valence-corrected chi connectivity index (χ4v) is 2.13. The maximum atomic E-state index is 12.7. The monoisotopic (exact) mass is 341 g/mol. The lowest BCUT2D eigenvalue weighted by atomic mass is 10.1. The highest BCUT2D eigenvalue weighted by Crippen LogP contribution is 2.34. The number of aromatic hydroxyl groups is 1. The third-order valence-corrected chi connectivity index (χ3v) is 3.28. The molecule has 0 saturated carbocycles. The van der Waals surface area contributed by atoms with Crippen molar-refractivity contribution < 1.29 is 23.1 Å². The van der Waals surface area contributed by atoms with E-state index in [-0.39, 0.29) is 17.7 Å². The summed E-state index contributed by atoms with van der Waals surface area (Å²) in [5.41, 5.74) is -1.45. The molecule has 0 unspecified atom stereocenters. The van der Waals surface area contributed by atoms with E-state index in [4.69, 9.17) is 0 Å². The molecule has 0 spiro atoms. The number of nitrogens with one attached hydrogen (secondary N) is 2. The van der Waals surface area contributed by atoms with Gasteiger partial charge in [0.2, 0.25) is 5.91 Å². The van der Waals surface area contributed by atoms with Crippen LogP contribution < -0.4 is 10.9 Å². The van der Waals surface area contributed by atoms with Crippen LogP contribution in [-0.2, 0) is 17.4 Å². The summed E-state index contributed by atoms with van der Waals surface area (Å²) in [6.07, 6.45) is -4.99. The van der Waals surface area contributed by atoms with Crippen LogP contribution in [0.5, 0.6) is 5.75 Å². The maximum absolute atomic E-state index is 12.7. The Balaban J connectivity index is 2.24. The molecule has 1 amide bonds. The van der Waals surface area contributed by atoms with Crippen LogP contribution >= 0.6 is 0 Å². The van der Waals surface area contributed by atoms with Crippen molar-refractivity contribution in [1.29, 1.82) is 0 Å². The predicted octanol–water partition coefficient (Wildman–Crippen LogP) is 2.29. The number of alkyl halides is 3. The van der Waals surface area contributed by atoms with Crippen LogP contribution in [0.25, 0.3) is 0 Å². The van der Waals surface area contributed by atoms with Crippen LogP contribution in [0.4, 0.5) is 18.9 Å². The minimum Gasteiger partial charge on any atom is -0.506 e. The largest absolute Gasteiger partial charge is 0.506 e. The molecular weight excluding hydrogens is 327 g/mol. The Morgan fingerprint density at radius 2 is 2.00 bits per heavy atom. The molecule has 24 heavy (non-hydrogen) atoms.